The molecule has 746 valence electrons. The zero-order valence-electron chi connectivity index (χ0n) is 76.7. The van der Waals surface area contributed by atoms with Gasteiger partial charge in [0.2, 0.25) is 0 Å². The highest BCUT2D eigenvalue weighted by molar-refractivity contribution is 14.1. The van der Waals surface area contributed by atoms with E-state index in [4.69, 9.17) is 47.4 Å². The van der Waals surface area contributed by atoms with Crippen molar-refractivity contribution < 1.29 is 147 Å². The first kappa shape index (κ1) is 109. The van der Waals surface area contributed by atoms with Gasteiger partial charge < -0.3 is 63.1 Å². The van der Waals surface area contributed by atoms with Crippen LogP contribution in [0.1, 0.15) is 155 Å². The predicted molar refractivity (Wildman–Crippen MR) is 487 cm³/mol. The Balaban J connectivity index is 0.000000194. The number of pyridine rings is 5. The smallest absolute Gasteiger partial charge is 0.433 e. The van der Waals surface area contributed by atoms with E-state index in [0.717, 1.165) is 39.6 Å². The highest BCUT2D eigenvalue weighted by atomic mass is 127. The van der Waals surface area contributed by atoms with Crippen molar-refractivity contribution in [1.82, 2.24) is 75.1 Å². The number of nitrogens with one attached hydrogen (secondary N) is 3. The Morgan fingerprint density at radius 3 is 1.01 bits per heavy atom. The van der Waals surface area contributed by atoms with Crippen molar-refractivity contribution in [3.8, 4) is 45.8 Å². The topological polar surface area (TPSA) is 386 Å². The Hall–Kier alpha value is -14.4. The first-order chi connectivity index (χ1) is 65.5. The lowest BCUT2D eigenvalue weighted by molar-refractivity contribution is -0.141. The lowest BCUT2D eigenvalue weighted by Crippen LogP contribution is -2.32. The van der Waals surface area contributed by atoms with Crippen LogP contribution in [0.5, 0.6) is 28.7 Å². The Morgan fingerprint density at radius 2 is 0.686 bits per heavy atom. The van der Waals surface area contributed by atoms with Gasteiger partial charge in [0, 0.05) is 59.3 Å². The summed E-state index contributed by atoms with van der Waals surface area (Å²) in [4.78, 5) is 89.6. The lowest BCUT2D eigenvalue weighted by atomic mass is 10.1. The van der Waals surface area contributed by atoms with Gasteiger partial charge in [-0.2, -0.15) is 86.3 Å². The van der Waals surface area contributed by atoms with Crippen molar-refractivity contribution in [2.75, 3.05) is 55.4 Å². The van der Waals surface area contributed by atoms with E-state index in [9.17, 15) is 99.7 Å². The number of hydrogen-bond acceptors (Lipinski definition) is 25. The second-order valence-electron chi connectivity index (χ2n) is 30.8. The van der Waals surface area contributed by atoms with Crippen molar-refractivity contribution >= 4 is 129 Å². The average Bonchev–Trinajstić information content (AvgIpc) is 1.48. The first-order valence-electron chi connectivity index (χ1n) is 41.0. The summed E-state index contributed by atoms with van der Waals surface area (Å²) < 4.78 is 250. The molecule has 2 amide bonds. The van der Waals surface area contributed by atoms with E-state index >= 15 is 0 Å². The predicted octanol–water partition coefficient (Wildman–Crippen LogP) is 21.5. The van der Waals surface area contributed by atoms with Gasteiger partial charge in [-0.05, 0) is 220 Å². The number of H-pyrrole nitrogens is 1. The summed E-state index contributed by atoms with van der Waals surface area (Å²) in [5, 5.41) is 36.0. The number of alkyl carbamates (subject to hydrolysis) is 2. The molecule has 0 fully saturated rings. The van der Waals surface area contributed by atoms with Crippen LogP contribution in [0.2, 0.25) is 0 Å². The van der Waals surface area contributed by atoms with Crippen LogP contribution >= 0.6 is 38.5 Å². The number of aromatic amines is 1. The van der Waals surface area contributed by atoms with Crippen LogP contribution in [0, 0.1) is 17.4 Å². The van der Waals surface area contributed by atoms with E-state index in [1.165, 1.54) is 129 Å². The summed E-state index contributed by atoms with van der Waals surface area (Å²) in [6.07, 6.45) is -18.7. The van der Waals surface area contributed by atoms with Crippen molar-refractivity contribution in [3.63, 3.8) is 0 Å². The minimum absolute atomic E-state index is 0.0252. The van der Waals surface area contributed by atoms with E-state index < -0.39 is 101 Å². The van der Waals surface area contributed by atoms with Crippen molar-refractivity contribution in [2.45, 2.75) is 131 Å². The van der Waals surface area contributed by atoms with Crippen molar-refractivity contribution in [3.05, 3.63) is 228 Å². The van der Waals surface area contributed by atoms with Gasteiger partial charge in [-0.1, -0.05) is 15.9 Å². The molecule has 5 aromatic carbocycles. The van der Waals surface area contributed by atoms with Gasteiger partial charge in [0.05, 0.1) is 109 Å². The molecule has 0 saturated carbocycles. The summed E-state index contributed by atoms with van der Waals surface area (Å²) in [7, 11) is 6.78. The number of aromatic carboxylic acids is 1. The number of rotatable bonds is 19. The van der Waals surface area contributed by atoms with E-state index in [-0.39, 0.29) is 116 Å². The molecule has 0 aliphatic rings. The monoisotopic (exact) mass is 2150 g/mol. The molecule has 9 heterocycles. The number of aryl methyl sites for hydroxylation is 2. The fourth-order valence-electron chi connectivity index (χ4n) is 12.6. The molecule has 0 radical (unpaired) electrons. The number of fused-ring (bicyclic) bond motifs is 5. The third-order valence-electron chi connectivity index (χ3n) is 18.8. The number of methoxy groups -OCH3 is 5. The molecule has 0 spiro atoms. The summed E-state index contributed by atoms with van der Waals surface area (Å²) in [6.45, 7) is 19.0. The number of carboxylic acid groups (broad SMARTS) is 1. The molecular weight excluding hydrogens is 2070 g/mol. The molecule has 32 nitrogen and oxygen atoms in total. The minimum atomic E-state index is -4.65. The molecule has 0 saturated heterocycles. The molecule has 0 aliphatic heterocycles. The number of halogens is 17. The summed E-state index contributed by atoms with van der Waals surface area (Å²) in [5.41, 5.74) is -2.99. The lowest BCUT2D eigenvalue weighted by Gasteiger charge is -2.19. The Bertz CT molecular complexity index is 6770. The number of aromatic nitrogens is 13. The number of nitrogens with zero attached hydrogens (tertiary/aromatic N) is 12. The van der Waals surface area contributed by atoms with Gasteiger partial charge in [-0.15, -0.1) is 0 Å². The summed E-state index contributed by atoms with van der Waals surface area (Å²) in [5.74, 6) is -1.70. The van der Waals surface area contributed by atoms with Gasteiger partial charge in [0.15, 0.2) is 0 Å². The van der Waals surface area contributed by atoms with Crippen LogP contribution < -0.4 is 34.3 Å². The Morgan fingerprint density at radius 1 is 0.393 bits per heavy atom. The number of benzene rings is 5. The third kappa shape index (κ3) is 27.8. The normalized spacial score (nSPS) is 11.7. The molecular formula is C91H86BrF15IN15O17. The maximum atomic E-state index is 13.2. The van der Waals surface area contributed by atoms with Gasteiger partial charge >= 0.3 is 66.9 Å². The van der Waals surface area contributed by atoms with Gasteiger partial charge in [0.1, 0.15) is 118 Å². The molecule has 0 aliphatic carbocycles. The largest absolute Gasteiger partial charge is 0.494 e. The fourth-order valence-corrected chi connectivity index (χ4v) is 13.7. The number of ether oxygens (including phenoxy) is 10. The standard InChI is InChI=1S/C23H25F3N4O5.C21H21F3N4O5.C18H16F3N3O3.C11H7BrF3NO.C11H7F3INO.C7H10N2O2/c1-6-34-20(31)14-12-30(29-15(14)11-27-21(32)35-22(2,3)4)16-8-9-17(33-5)19-13(16)7-10-18(28-19)23(24,25)26;1-20(2,3)33-19(31)25-9-13-12(18(29)30)10-28(27-13)14-6-7-15(32-4)17-11(14)5-8-16(26-17)21(22,23)24;1-4-27-17(25)12-9-24(23-10(12)2)13-6-7-14(26-3)16-11(13)5-8-15(22-16)18(19,20)21;1-17-8-4-3-7(12)6-2-5-9(11(13,14)15)16-10(6)8;1-17-8-4-3-7(15)6-2-5-9(11(12,13)14)16-10(6)8;1-3-11-7(10)6-4-8-9-5(6)2/h7-10,12H,6,11H2,1-5H3,(H,27,32);5-8,10H,9H2,1-4H3,(H,25,31)(H,29,30);5-9H,4H2,1-3H3;2*2-5H,1H3;4H,3H2,1-2H3,(H,8,9). The van der Waals surface area contributed by atoms with E-state index in [2.05, 4.69) is 77.0 Å². The second kappa shape index (κ2) is 45.5. The van der Waals surface area contributed by atoms with Crippen molar-refractivity contribution in [1.29, 1.82) is 0 Å². The average molecular weight is 2150 g/mol. The van der Waals surface area contributed by atoms with Gasteiger partial charge in [0.25, 0.3) is 0 Å². The van der Waals surface area contributed by atoms with Gasteiger partial charge in [-0.3, -0.25) is 5.10 Å². The molecule has 140 heavy (non-hydrogen) atoms. The minimum Gasteiger partial charge on any atom is -0.494 e. The molecule has 0 bridgehead atoms. The van der Waals surface area contributed by atoms with Crippen LogP contribution in [-0.2, 0) is 67.7 Å². The molecule has 49 heteroatoms. The number of amides is 2. The first-order valence-corrected chi connectivity index (χ1v) is 42.9. The zero-order chi connectivity index (χ0) is 104. The van der Waals surface area contributed by atoms with Crippen LogP contribution in [0.4, 0.5) is 75.4 Å². The third-order valence-corrected chi connectivity index (χ3v) is 20.5. The van der Waals surface area contributed by atoms with E-state index in [1.54, 1.807) is 113 Å². The summed E-state index contributed by atoms with van der Waals surface area (Å²) >= 11 is 5.31. The van der Waals surface area contributed by atoms with Crippen LogP contribution in [0.25, 0.3) is 71.6 Å². The summed E-state index contributed by atoms with van der Waals surface area (Å²) in [6, 6.07) is 26.8. The SMILES string of the molecule is CCOC(=O)c1cn(-c2ccc(OC)c3nc(C(F)(F)F)ccc23)nc1C.CCOC(=O)c1cn(-c2ccc(OC)c3nc(C(F)(F)F)ccc23)nc1CNC(=O)OC(C)(C)C.CCOC(=O)c1cn[nH]c1C.COc1ccc(-n2cc(C(=O)O)c(CNC(=O)OC(C)(C)C)n2)c2ccc(C(F)(F)F)nc12.COc1ccc(Br)c2ccc(C(F)(F)F)nc12.COc1ccc(I)c2ccc(C(F)(F)F)nc12. The quantitative estimate of drug-likeness (QED) is 0.0253. The molecule has 9 aromatic heterocycles. The van der Waals surface area contributed by atoms with Crippen LogP contribution in [-0.4, -0.2) is 172 Å². The maximum absolute atomic E-state index is 13.2. The maximum Gasteiger partial charge on any atom is 0.433 e. The molecule has 14 rings (SSSR count). The molecule has 0 atom stereocenters. The van der Waals surface area contributed by atoms with Crippen molar-refractivity contribution in [2.24, 2.45) is 0 Å². The molecule has 4 N–H and O–H groups in total. The van der Waals surface area contributed by atoms with Gasteiger partial charge in [-0.25, -0.2) is 67.7 Å². The Kier molecular flexibility index (Phi) is 35.5. The number of carbonyl (C=O) groups excluding carboxylic acids is 5. The number of carbonyl (C=O) groups is 6. The van der Waals surface area contributed by atoms with Crippen LogP contribution in [0.15, 0.2) is 151 Å². The molecule has 14 aromatic rings. The highest BCUT2D eigenvalue weighted by Gasteiger charge is 2.39. The number of hydrogen-bond donors (Lipinski definition) is 4. The van der Waals surface area contributed by atoms with E-state index in [1.807, 2.05) is 22.6 Å². The Labute approximate surface area is 807 Å². The molecule has 0 unspecified atom stereocenters. The number of carboxylic acids is 1. The van der Waals surface area contributed by atoms with Crippen LogP contribution in [0.3, 0.4) is 0 Å². The fraction of sp³-hybridized carbons (Fsp3) is 0.308. The number of esters is 3. The second-order valence-corrected chi connectivity index (χ2v) is 32.9. The number of alkyl halides is 15. The highest BCUT2D eigenvalue weighted by Crippen LogP contribution is 2.42. The zero-order valence-corrected chi connectivity index (χ0v) is 80.4. The van der Waals surface area contributed by atoms with E-state index in [0.29, 0.717) is 66.8 Å².